The molecule has 3 rings (SSSR count). The molecule has 0 heterocycles. The molecular weight excluding hydrogens is 464 g/mol. The van der Waals surface area contributed by atoms with Crippen molar-refractivity contribution in [3.8, 4) is 11.1 Å². The Balaban J connectivity index is 1.57. The molecule has 1 atom stereocenters. The number of carbonyl (C=O) groups is 4. The van der Waals surface area contributed by atoms with Gasteiger partial charge in [0.1, 0.15) is 19.3 Å². The summed E-state index contributed by atoms with van der Waals surface area (Å²) in [5, 5.41) is 14.0. The van der Waals surface area contributed by atoms with Gasteiger partial charge in [0.25, 0.3) is 0 Å². The lowest BCUT2D eigenvalue weighted by molar-refractivity contribution is -0.142. The van der Waals surface area contributed by atoms with Crippen LogP contribution in [0.25, 0.3) is 11.1 Å². The Labute approximate surface area is 209 Å². The van der Waals surface area contributed by atoms with Crippen LogP contribution < -0.4 is 10.6 Å². The molecule has 0 spiro atoms. The van der Waals surface area contributed by atoms with E-state index in [-0.39, 0.29) is 51.4 Å². The molecule has 9 nitrogen and oxygen atoms in total. The van der Waals surface area contributed by atoms with E-state index in [0.717, 1.165) is 22.3 Å². The van der Waals surface area contributed by atoms with Crippen molar-refractivity contribution in [2.24, 2.45) is 0 Å². The Hall–Kier alpha value is -4.14. The summed E-state index contributed by atoms with van der Waals surface area (Å²) >= 11 is 0. The maximum atomic E-state index is 12.6. The van der Waals surface area contributed by atoms with Crippen molar-refractivity contribution in [3.05, 3.63) is 72.3 Å². The van der Waals surface area contributed by atoms with Crippen LogP contribution in [0.1, 0.15) is 42.7 Å². The standard InChI is InChI=1S/C27H30N2O7/c1-2-16-35-25(32)14-15-28-26(33)23(12-7-13-24(30)31)29-27(34)36-17-22-20-10-5-3-8-18(20)19-9-4-6-11-21(19)22/h2-6,8-11,22-23H,1,7,12-17H2,(H,28,33)(H,29,34)(H,30,31)/t23-/m0/s1. The van der Waals surface area contributed by atoms with Crippen molar-refractivity contribution in [2.75, 3.05) is 19.8 Å². The fourth-order valence-corrected chi connectivity index (χ4v) is 4.14. The monoisotopic (exact) mass is 494 g/mol. The van der Waals surface area contributed by atoms with Crippen LogP contribution in [0.5, 0.6) is 0 Å². The summed E-state index contributed by atoms with van der Waals surface area (Å²) in [5.41, 5.74) is 4.32. The van der Waals surface area contributed by atoms with Gasteiger partial charge in [0.15, 0.2) is 0 Å². The van der Waals surface area contributed by atoms with E-state index in [2.05, 4.69) is 17.2 Å². The van der Waals surface area contributed by atoms with Crippen LogP contribution in [-0.4, -0.2) is 54.8 Å². The number of alkyl carbamates (subject to hydrolysis) is 1. The summed E-state index contributed by atoms with van der Waals surface area (Å²) in [4.78, 5) is 47.7. The fraction of sp³-hybridized carbons (Fsp3) is 0.333. The number of carboxylic acid groups (broad SMARTS) is 1. The number of hydrogen-bond acceptors (Lipinski definition) is 6. The average molecular weight is 495 g/mol. The van der Waals surface area contributed by atoms with Crippen molar-refractivity contribution in [3.63, 3.8) is 0 Å². The minimum atomic E-state index is -1.01. The molecule has 0 radical (unpaired) electrons. The number of ether oxygens (including phenoxy) is 2. The number of aliphatic carboxylic acids is 1. The van der Waals surface area contributed by atoms with E-state index in [1.165, 1.54) is 6.08 Å². The molecule has 3 N–H and O–H groups in total. The Morgan fingerprint density at radius 1 is 0.972 bits per heavy atom. The lowest BCUT2D eigenvalue weighted by Crippen LogP contribution is -2.47. The second-order valence-corrected chi connectivity index (χ2v) is 8.32. The van der Waals surface area contributed by atoms with Gasteiger partial charge in [-0.1, -0.05) is 61.2 Å². The number of fused-ring (bicyclic) bond motifs is 3. The Morgan fingerprint density at radius 2 is 1.61 bits per heavy atom. The number of carbonyl (C=O) groups excluding carboxylic acids is 3. The summed E-state index contributed by atoms with van der Waals surface area (Å²) in [6.07, 6.45) is 0.739. The SMILES string of the molecule is C=CCOC(=O)CCNC(=O)[C@H](CCCC(=O)O)NC(=O)OCC1c2ccccc2-c2ccccc21. The third-order valence-corrected chi connectivity index (χ3v) is 5.83. The van der Waals surface area contributed by atoms with E-state index >= 15 is 0 Å². The lowest BCUT2D eigenvalue weighted by atomic mass is 9.98. The highest BCUT2D eigenvalue weighted by Gasteiger charge is 2.29. The second-order valence-electron chi connectivity index (χ2n) is 8.32. The number of amides is 2. The van der Waals surface area contributed by atoms with Crippen molar-refractivity contribution in [1.29, 1.82) is 0 Å². The molecule has 1 aliphatic carbocycles. The molecule has 190 valence electrons. The lowest BCUT2D eigenvalue weighted by Gasteiger charge is -2.19. The minimum Gasteiger partial charge on any atom is -0.481 e. The third kappa shape index (κ3) is 7.18. The Morgan fingerprint density at radius 3 is 2.22 bits per heavy atom. The number of carboxylic acids is 1. The van der Waals surface area contributed by atoms with Crippen LogP contribution in [0, 0.1) is 0 Å². The van der Waals surface area contributed by atoms with Gasteiger partial charge in [-0.2, -0.15) is 0 Å². The van der Waals surface area contributed by atoms with Gasteiger partial charge in [0.05, 0.1) is 6.42 Å². The molecule has 0 aliphatic heterocycles. The average Bonchev–Trinajstić information content (AvgIpc) is 3.19. The molecule has 2 aromatic carbocycles. The summed E-state index contributed by atoms with van der Waals surface area (Å²) in [6, 6.07) is 14.9. The number of hydrogen-bond donors (Lipinski definition) is 3. The van der Waals surface area contributed by atoms with Crippen LogP contribution in [0.4, 0.5) is 4.79 Å². The van der Waals surface area contributed by atoms with E-state index in [0.29, 0.717) is 0 Å². The number of esters is 1. The Bertz CT molecular complexity index is 1070. The van der Waals surface area contributed by atoms with Crippen molar-refractivity contribution in [2.45, 2.75) is 37.6 Å². The molecule has 36 heavy (non-hydrogen) atoms. The number of rotatable bonds is 13. The van der Waals surface area contributed by atoms with Gasteiger partial charge in [-0.3, -0.25) is 14.4 Å². The van der Waals surface area contributed by atoms with Gasteiger partial charge in [0, 0.05) is 18.9 Å². The zero-order valence-corrected chi connectivity index (χ0v) is 19.9. The number of benzene rings is 2. The molecule has 0 aromatic heterocycles. The van der Waals surface area contributed by atoms with Crippen molar-refractivity contribution in [1.82, 2.24) is 10.6 Å². The van der Waals surface area contributed by atoms with Gasteiger partial charge < -0.3 is 25.2 Å². The predicted octanol–water partition coefficient (Wildman–Crippen LogP) is 3.38. The van der Waals surface area contributed by atoms with Gasteiger partial charge in [-0.15, -0.1) is 0 Å². The van der Waals surface area contributed by atoms with Gasteiger partial charge in [-0.25, -0.2) is 4.79 Å². The highest BCUT2D eigenvalue weighted by atomic mass is 16.5. The fourth-order valence-electron chi connectivity index (χ4n) is 4.14. The van der Waals surface area contributed by atoms with Crippen LogP contribution in [0.15, 0.2) is 61.2 Å². The van der Waals surface area contributed by atoms with E-state index < -0.39 is 30.0 Å². The van der Waals surface area contributed by atoms with Gasteiger partial charge in [-0.05, 0) is 35.1 Å². The summed E-state index contributed by atoms with van der Waals surface area (Å²) in [7, 11) is 0. The Kier molecular flexibility index (Phi) is 9.62. The van der Waals surface area contributed by atoms with Gasteiger partial charge in [0.2, 0.25) is 5.91 Å². The number of nitrogens with one attached hydrogen (secondary N) is 2. The minimum absolute atomic E-state index is 0.0105. The molecule has 0 fully saturated rings. The molecule has 1 aliphatic rings. The molecule has 9 heteroatoms. The zero-order valence-electron chi connectivity index (χ0n) is 19.9. The highest BCUT2D eigenvalue weighted by Crippen LogP contribution is 2.44. The third-order valence-electron chi connectivity index (χ3n) is 5.83. The summed E-state index contributed by atoms with van der Waals surface area (Å²) < 4.78 is 10.4. The zero-order chi connectivity index (χ0) is 25.9. The smallest absolute Gasteiger partial charge is 0.407 e. The van der Waals surface area contributed by atoms with Crippen molar-refractivity contribution >= 4 is 23.9 Å². The van der Waals surface area contributed by atoms with Gasteiger partial charge >= 0.3 is 18.0 Å². The van der Waals surface area contributed by atoms with Crippen molar-refractivity contribution < 1.29 is 33.8 Å². The summed E-state index contributed by atoms with van der Waals surface area (Å²) in [6.45, 7) is 3.62. The first-order chi connectivity index (χ1) is 17.4. The first-order valence-corrected chi connectivity index (χ1v) is 11.8. The molecule has 2 amide bonds. The largest absolute Gasteiger partial charge is 0.481 e. The van der Waals surface area contributed by atoms with Crippen LogP contribution in [-0.2, 0) is 23.9 Å². The van der Waals surface area contributed by atoms with Crippen LogP contribution in [0.2, 0.25) is 0 Å². The molecular formula is C27H30N2O7. The van der Waals surface area contributed by atoms with E-state index in [9.17, 15) is 19.2 Å². The predicted molar refractivity (Wildman–Crippen MR) is 132 cm³/mol. The second kappa shape index (κ2) is 13.1. The highest BCUT2D eigenvalue weighted by molar-refractivity contribution is 5.86. The molecule has 0 saturated heterocycles. The molecule has 2 aromatic rings. The molecule has 0 unspecified atom stereocenters. The maximum absolute atomic E-state index is 12.6. The summed E-state index contributed by atoms with van der Waals surface area (Å²) in [5.74, 6) is -2.17. The van der Waals surface area contributed by atoms with Crippen LogP contribution in [0.3, 0.4) is 0 Å². The van der Waals surface area contributed by atoms with E-state index in [4.69, 9.17) is 14.6 Å². The molecule has 0 bridgehead atoms. The van der Waals surface area contributed by atoms with E-state index in [1.54, 1.807) is 0 Å². The topological polar surface area (TPSA) is 131 Å². The first kappa shape index (κ1) is 26.5. The normalized spacial score (nSPS) is 12.6. The quantitative estimate of drug-likeness (QED) is 0.287. The van der Waals surface area contributed by atoms with E-state index in [1.807, 2.05) is 48.5 Å². The first-order valence-electron chi connectivity index (χ1n) is 11.8. The van der Waals surface area contributed by atoms with Crippen LogP contribution >= 0.6 is 0 Å². The maximum Gasteiger partial charge on any atom is 0.407 e. The molecule has 0 saturated carbocycles.